The van der Waals surface area contributed by atoms with Gasteiger partial charge in [0.15, 0.2) is 0 Å². The predicted octanol–water partition coefficient (Wildman–Crippen LogP) is 4.27. The van der Waals surface area contributed by atoms with E-state index in [9.17, 15) is 9.18 Å². The number of rotatable bonds is 9. The molecule has 1 aliphatic heterocycles. The molecule has 0 radical (unpaired) electrons. The summed E-state index contributed by atoms with van der Waals surface area (Å²) in [7, 11) is 3.42. The zero-order chi connectivity index (χ0) is 28.2. The Hall–Kier alpha value is -3.63. The molecule has 2 N–H and O–H groups in total. The molecule has 1 amide bonds. The first-order valence-corrected chi connectivity index (χ1v) is 13.1. The topological polar surface area (TPSA) is 105 Å². The van der Waals surface area contributed by atoms with Gasteiger partial charge in [-0.1, -0.05) is 17.7 Å². The van der Waals surface area contributed by atoms with Crippen LogP contribution in [0.2, 0.25) is 0 Å². The lowest BCUT2D eigenvalue weighted by Crippen LogP contribution is -2.42. The van der Waals surface area contributed by atoms with Crippen molar-refractivity contribution >= 4 is 22.4 Å². The van der Waals surface area contributed by atoms with E-state index >= 15 is 0 Å². The maximum absolute atomic E-state index is 14.4. The van der Waals surface area contributed by atoms with Gasteiger partial charge in [-0.3, -0.25) is 9.89 Å². The fourth-order valence-electron chi connectivity index (χ4n) is 5.01. The van der Waals surface area contributed by atoms with E-state index in [1.807, 2.05) is 24.3 Å². The first kappa shape index (κ1) is 28.4. The summed E-state index contributed by atoms with van der Waals surface area (Å²) in [6, 6.07) is 9.25. The van der Waals surface area contributed by atoms with Gasteiger partial charge in [-0.25, -0.2) is 0 Å². The molecule has 1 saturated heterocycles. The van der Waals surface area contributed by atoms with Crippen molar-refractivity contribution in [3.8, 4) is 5.88 Å². The van der Waals surface area contributed by atoms with Crippen molar-refractivity contribution in [1.82, 2.24) is 30.6 Å². The molecule has 4 rings (SSSR count). The number of hydrogen-bond donors (Lipinski definition) is 2. The Morgan fingerprint density at radius 2 is 1.90 bits per heavy atom. The summed E-state index contributed by atoms with van der Waals surface area (Å²) in [4.78, 5) is 13.1. The van der Waals surface area contributed by atoms with E-state index in [4.69, 9.17) is 9.47 Å². The first-order chi connectivity index (χ1) is 18.4. The Bertz CT molecular complexity index is 1360. The third-order valence-corrected chi connectivity index (χ3v) is 6.37. The van der Waals surface area contributed by atoms with E-state index < -0.39 is 5.95 Å². The van der Waals surface area contributed by atoms with Gasteiger partial charge in [0.05, 0.1) is 27.8 Å². The number of amides is 1. The van der Waals surface area contributed by atoms with Crippen LogP contribution >= 0.6 is 0 Å². The fourth-order valence-corrected chi connectivity index (χ4v) is 5.01. The minimum Gasteiger partial charge on any atom is -0.475 e. The lowest BCUT2D eigenvalue weighted by atomic mass is 9.80. The van der Waals surface area contributed by atoms with Crippen LogP contribution in [0.25, 0.3) is 16.5 Å². The summed E-state index contributed by atoms with van der Waals surface area (Å²) < 4.78 is 26.5. The van der Waals surface area contributed by atoms with Gasteiger partial charge in [0.1, 0.15) is 6.61 Å². The summed E-state index contributed by atoms with van der Waals surface area (Å²) in [6.07, 6.45) is 4.72. The average Bonchev–Trinajstić information content (AvgIpc) is 3.22. The second kappa shape index (κ2) is 11.6. The smallest absolute Gasteiger partial charge is 0.245 e. The minimum absolute atomic E-state index is 0.0551. The number of aromatic amines is 1. The van der Waals surface area contributed by atoms with Crippen LogP contribution in [0.4, 0.5) is 4.39 Å². The number of benzene rings is 1. The second-order valence-electron chi connectivity index (χ2n) is 11.2. The summed E-state index contributed by atoms with van der Waals surface area (Å²) in [6.45, 7) is 9.86. The third kappa shape index (κ3) is 7.27. The molecule has 0 unspecified atom stereocenters. The van der Waals surface area contributed by atoms with Crippen LogP contribution in [0.15, 0.2) is 48.1 Å². The zero-order valence-electron chi connectivity index (χ0n) is 23.5. The van der Waals surface area contributed by atoms with Crippen molar-refractivity contribution in [3.05, 3.63) is 65.3 Å². The Kier molecular flexibility index (Phi) is 8.46. The normalized spacial score (nSPS) is 16.5. The molecule has 9 nitrogen and oxygen atoms in total. The van der Waals surface area contributed by atoms with Crippen LogP contribution in [0.3, 0.4) is 0 Å². The van der Waals surface area contributed by atoms with Crippen molar-refractivity contribution in [3.63, 3.8) is 0 Å². The van der Waals surface area contributed by atoms with E-state index in [2.05, 4.69) is 53.4 Å². The molecule has 2 aromatic heterocycles. The summed E-state index contributed by atoms with van der Waals surface area (Å²) in [5.74, 6) is -0.111. The second-order valence-corrected chi connectivity index (χ2v) is 11.2. The highest BCUT2D eigenvalue weighted by atomic mass is 19.1. The maximum Gasteiger partial charge on any atom is 0.245 e. The third-order valence-electron chi connectivity index (χ3n) is 6.37. The maximum atomic E-state index is 14.4. The summed E-state index contributed by atoms with van der Waals surface area (Å²) in [5, 5.41) is 18.9. The van der Waals surface area contributed by atoms with Crippen molar-refractivity contribution < 1.29 is 18.7 Å². The highest BCUT2D eigenvalue weighted by molar-refractivity contribution is 5.88. The van der Waals surface area contributed by atoms with Crippen LogP contribution in [0, 0.1) is 5.95 Å². The van der Waals surface area contributed by atoms with Gasteiger partial charge in [-0.2, -0.15) is 9.49 Å². The van der Waals surface area contributed by atoms with Crippen molar-refractivity contribution in [1.29, 1.82) is 0 Å². The number of aromatic nitrogens is 4. The largest absolute Gasteiger partial charge is 0.475 e. The van der Waals surface area contributed by atoms with Crippen LogP contribution in [-0.4, -0.2) is 76.2 Å². The van der Waals surface area contributed by atoms with Gasteiger partial charge < -0.3 is 19.7 Å². The molecular weight excluding hydrogens is 499 g/mol. The van der Waals surface area contributed by atoms with Gasteiger partial charge in [0, 0.05) is 44.9 Å². The van der Waals surface area contributed by atoms with Crippen molar-refractivity contribution in [2.24, 2.45) is 0 Å². The lowest BCUT2D eigenvalue weighted by Gasteiger charge is -2.43. The molecule has 208 valence electrons. The van der Waals surface area contributed by atoms with Gasteiger partial charge in [0.25, 0.3) is 0 Å². The Morgan fingerprint density at radius 3 is 2.56 bits per heavy atom. The lowest BCUT2D eigenvalue weighted by molar-refractivity contribution is -0.138. The van der Waals surface area contributed by atoms with E-state index in [0.717, 1.165) is 11.1 Å². The fraction of sp³-hybridized carbons (Fsp3) is 0.448. The quantitative estimate of drug-likeness (QED) is 0.311. The van der Waals surface area contributed by atoms with Crippen LogP contribution in [0.5, 0.6) is 5.88 Å². The van der Waals surface area contributed by atoms with Gasteiger partial charge in [-0.05, 0) is 64.3 Å². The first-order valence-electron chi connectivity index (χ1n) is 13.1. The van der Waals surface area contributed by atoms with Gasteiger partial charge >= 0.3 is 0 Å². The van der Waals surface area contributed by atoms with E-state index in [0.29, 0.717) is 55.0 Å². The molecule has 3 aromatic rings. The van der Waals surface area contributed by atoms with Crippen LogP contribution in [-0.2, 0) is 9.53 Å². The Morgan fingerprint density at radius 1 is 1.15 bits per heavy atom. The number of hydrogen-bond acceptors (Lipinski definition) is 7. The SMILES string of the molecule is CN(C)C(=O)/C=C/CNCCOc1ccc(C(=C2CC(C)(C)OC(C)(C)C2)c2ccc3n[nH]c(F)c3c2)nn1. The molecule has 1 fully saturated rings. The molecule has 3 heterocycles. The number of H-pyrrole nitrogens is 1. The van der Waals surface area contributed by atoms with E-state index in [1.54, 1.807) is 26.2 Å². The minimum atomic E-state index is -0.466. The average molecular weight is 537 g/mol. The number of carbonyl (C=O) groups excluding carboxylic acids is 1. The molecule has 10 heteroatoms. The van der Waals surface area contributed by atoms with Crippen molar-refractivity contribution in [2.75, 3.05) is 33.8 Å². The highest BCUT2D eigenvalue weighted by Gasteiger charge is 2.38. The molecule has 39 heavy (non-hydrogen) atoms. The number of nitrogens with zero attached hydrogens (tertiary/aromatic N) is 4. The monoisotopic (exact) mass is 536 g/mol. The number of nitrogens with one attached hydrogen (secondary N) is 2. The van der Waals surface area contributed by atoms with Gasteiger partial charge in [0.2, 0.25) is 17.7 Å². The van der Waals surface area contributed by atoms with Crippen molar-refractivity contribution in [2.45, 2.75) is 51.7 Å². The Labute approximate surface area is 228 Å². The van der Waals surface area contributed by atoms with Crippen LogP contribution < -0.4 is 10.1 Å². The number of likely N-dealkylation sites (N-methyl/N-ethyl adjacent to an activating group) is 1. The number of halogens is 1. The molecule has 0 atom stereocenters. The Balaban J connectivity index is 1.53. The van der Waals surface area contributed by atoms with E-state index in [-0.39, 0.29) is 17.1 Å². The number of carbonyl (C=O) groups is 1. The molecule has 0 aliphatic carbocycles. The summed E-state index contributed by atoms with van der Waals surface area (Å²) >= 11 is 0. The molecule has 0 saturated carbocycles. The standard InChI is InChI=1S/C29H37FN6O3/c1-28(2)17-20(18-29(3,4)39-28)26(19-9-10-22-21(16-19)27(30)35-32-22)23-11-12-24(34-33-23)38-15-14-31-13-7-8-25(37)36(5)6/h7-12,16,31H,13-15,17-18H2,1-6H3,(H,32,35)/b8-7+. The molecular formula is C29H37FN6O3. The highest BCUT2D eigenvalue weighted by Crippen LogP contribution is 2.43. The van der Waals surface area contributed by atoms with Crippen LogP contribution in [0.1, 0.15) is 51.8 Å². The number of fused-ring (bicyclic) bond motifs is 1. The predicted molar refractivity (Wildman–Crippen MR) is 149 cm³/mol. The van der Waals surface area contributed by atoms with E-state index in [1.165, 1.54) is 16.5 Å². The van der Waals surface area contributed by atoms with Gasteiger partial charge in [-0.15, -0.1) is 10.2 Å². The summed E-state index contributed by atoms with van der Waals surface area (Å²) in [5.41, 5.74) is 3.45. The molecule has 0 spiro atoms. The number of ether oxygens (including phenoxy) is 2. The zero-order valence-corrected chi connectivity index (χ0v) is 23.5. The molecule has 0 bridgehead atoms. The molecule has 1 aliphatic rings. The molecule has 1 aromatic carbocycles.